The molecule has 0 atom stereocenters. The van der Waals surface area contributed by atoms with Crippen LogP contribution in [0.1, 0.15) is 10.4 Å². The molecule has 5 rings (SSSR count). The quantitative estimate of drug-likeness (QED) is 0.446. The van der Waals surface area contributed by atoms with Crippen LogP contribution in [0.4, 0.5) is 20.5 Å². The predicted octanol–water partition coefficient (Wildman–Crippen LogP) is 3.48. The zero-order chi connectivity index (χ0) is 23.7. The summed E-state index contributed by atoms with van der Waals surface area (Å²) in [6, 6.07) is 5.70. The van der Waals surface area contributed by atoms with Gasteiger partial charge in [0.2, 0.25) is 5.95 Å². The highest BCUT2D eigenvalue weighted by molar-refractivity contribution is 7.19. The summed E-state index contributed by atoms with van der Waals surface area (Å²) in [5, 5.41) is 0. The summed E-state index contributed by atoms with van der Waals surface area (Å²) in [5.41, 5.74) is 7.59. The third-order valence-electron chi connectivity index (χ3n) is 5.53. The monoisotopic (exact) mass is 483 g/mol. The summed E-state index contributed by atoms with van der Waals surface area (Å²) in [6.07, 6.45) is 3.23. The Labute approximate surface area is 199 Å². The number of thiophene rings is 1. The molecule has 0 aliphatic carbocycles. The topological polar surface area (TPSA) is 93.3 Å². The van der Waals surface area contributed by atoms with Crippen molar-refractivity contribution in [2.45, 2.75) is 13.1 Å². The zero-order valence-electron chi connectivity index (χ0n) is 18.5. The van der Waals surface area contributed by atoms with Crippen molar-refractivity contribution in [3.8, 4) is 11.4 Å². The molecule has 11 heteroatoms. The Balaban J connectivity index is 1.47. The molecule has 1 aliphatic rings. The lowest BCUT2D eigenvalue weighted by molar-refractivity contribution is 0.122. The van der Waals surface area contributed by atoms with Gasteiger partial charge in [-0.1, -0.05) is 6.07 Å². The number of fused-ring (bicyclic) bond motifs is 1. The van der Waals surface area contributed by atoms with E-state index >= 15 is 0 Å². The molecule has 1 aliphatic heterocycles. The average Bonchev–Trinajstić information content (AvgIpc) is 3.23. The first kappa shape index (κ1) is 22.5. The maximum absolute atomic E-state index is 14.1. The van der Waals surface area contributed by atoms with Crippen LogP contribution in [0.5, 0.6) is 0 Å². The Morgan fingerprint density at radius 1 is 1.09 bits per heavy atom. The van der Waals surface area contributed by atoms with E-state index in [1.54, 1.807) is 23.7 Å². The van der Waals surface area contributed by atoms with Crippen LogP contribution in [0.2, 0.25) is 0 Å². The summed E-state index contributed by atoms with van der Waals surface area (Å²) >= 11 is 1.62. The Morgan fingerprint density at radius 3 is 2.59 bits per heavy atom. The van der Waals surface area contributed by atoms with Crippen LogP contribution < -0.4 is 10.6 Å². The molecular formula is C23H23F2N7OS. The third kappa shape index (κ3) is 4.81. The number of rotatable bonds is 6. The Hall–Kier alpha value is -3.28. The highest BCUT2D eigenvalue weighted by Crippen LogP contribution is 2.35. The molecule has 176 valence electrons. The first-order valence-electron chi connectivity index (χ1n) is 10.8. The van der Waals surface area contributed by atoms with Crippen molar-refractivity contribution >= 4 is 33.3 Å². The van der Waals surface area contributed by atoms with Crippen LogP contribution in [0.15, 0.2) is 36.7 Å². The van der Waals surface area contributed by atoms with Gasteiger partial charge < -0.3 is 15.4 Å². The SMILES string of the molecule is CN(Cc1cc2nc(-c3cnc(N)nc3)nc(N3CCOCC3)c2s1)Cc1ccc(F)cc1F. The lowest BCUT2D eigenvalue weighted by atomic mass is 10.2. The van der Waals surface area contributed by atoms with Crippen molar-refractivity contribution in [2.24, 2.45) is 0 Å². The Kier molecular flexibility index (Phi) is 6.31. The number of benzene rings is 1. The van der Waals surface area contributed by atoms with Gasteiger partial charge in [-0.15, -0.1) is 11.3 Å². The minimum atomic E-state index is -0.579. The first-order valence-corrected chi connectivity index (χ1v) is 11.6. The van der Waals surface area contributed by atoms with Gasteiger partial charge in [-0.3, -0.25) is 4.90 Å². The van der Waals surface area contributed by atoms with Crippen molar-refractivity contribution in [1.29, 1.82) is 0 Å². The summed E-state index contributed by atoms with van der Waals surface area (Å²) in [5.74, 6) is 0.448. The van der Waals surface area contributed by atoms with Crippen molar-refractivity contribution in [2.75, 3.05) is 44.0 Å². The molecule has 4 heterocycles. The van der Waals surface area contributed by atoms with Gasteiger partial charge in [0.15, 0.2) is 11.6 Å². The van der Waals surface area contributed by atoms with Gasteiger partial charge in [0.25, 0.3) is 0 Å². The molecule has 34 heavy (non-hydrogen) atoms. The van der Waals surface area contributed by atoms with Crippen LogP contribution in [0.3, 0.4) is 0 Å². The minimum absolute atomic E-state index is 0.191. The molecule has 1 saturated heterocycles. The average molecular weight is 484 g/mol. The number of nitrogens with two attached hydrogens (primary N) is 1. The van der Waals surface area contributed by atoms with E-state index in [4.69, 9.17) is 20.4 Å². The fourth-order valence-electron chi connectivity index (χ4n) is 3.88. The summed E-state index contributed by atoms with van der Waals surface area (Å²) in [6.45, 7) is 3.69. The second-order valence-corrected chi connectivity index (χ2v) is 9.27. The molecule has 3 aromatic heterocycles. The fraction of sp³-hybridized carbons (Fsp3) is 0.304. The van der Waals surface area contributed by atoms with E-state index in [1.165, 1.54) is 12.1 Å². The molecule has 0 radical (unpaired) electrons. The number of hydrogen-bond acceptors (Lipinski definition) is 9. The second-order valence-electron chi connectivity index (χ2n) is 8.14. The van der Waals surface area contributed by atoms with Crippen LogP contribution >= 0.6 is 11.3 Å². The van der Waals surface area contributed by atoms with E-state index in [1.807, 2.05) is 18.0 Å². The summed E-state index contributed by atoms with van der Waals surface area (Å²) in [7, 11) is 1.90. The zero-order valence-corrected chi connectivity index (χ0v) is 19.4. The number of anilines is 2. The van der Waals surface area contributed by atoms with Crippen LogP contribution in [0.25, 0.3) is 21.6 Å². The van der Waals surface area contributed by atoms with Gasteiger partial charge in [-0.05, 0) is 19.2 Å². The van der Waals surface area contributed by atoms with Gasteiger partial charge >= 0.3 is 0 Å². The lowest BCUT2D eigenvalue weighted by Gasteiger charge is -2.28. The Morgan fingerprint density at radius 2 is 1.85 bits per heavy atom. The van der Waals surface area contributed by atoms with E-state index in [0.29, 0.717) is 43.3 Å². The summed E-state index contributed by atoms with van der Waals surface area (Å²) < 4.78 is 33.8. The second kappa shape index (κ2) is 9.53. The number of ether oxygens (including phenoxy) is 1. The molecule has 0 spiro atoms. The van der Waals surface area contributed by atoms with E-state index < -0.39 is 11.6 Å². The van der Waals surface area contributed by atoms with E-state index in [0.717, 1.165) is 40.1 Å². The first-order chi connectivity index (χ1) is 16.5. The number of nitrogens with zero attached hydrogens (tertiary/aromatic N) is 6. The smallest absolute Gasteiger partial charge is 0.219 e. The minimum Gasteiger partial charge on any atom is -0.378 e. The standard InChI is InChI=1S/C23H23F2N7OS/c1-31(12-14-2-3-16(24)8-18(14)25)13-17-9-19-20(34-17)22(32-4-6-33-7-5-32)30-21(29-19)15-10-27-23(26)28-11-15/h2-3,8-11H,4-7,12-13H2,1H3,(H2,26,27,28). The van der Waals surface area contributed by atoms with Gasteiger partial charge in [0.05, 0.1) is 29.0 Å². The van der Waals surface area contributed by atoms with Crippen molar-refractivity contribution in [1.82, 2.24) is 24.8 Å². The molecule has 4 aromatic rings. The molecule has 1 aromatic carbocycles. The van der Waals surface area contributed by atoms with Gasteiger partial charge in [-0.2, -0.15) is 0 Å². The van der Waals surface area contributed by atoms with Gasteiger partial charge in [-0.25, -0.2) is 28.7 Å². The van der Waals surface area contributed by atoms with Gasteiger partial charge in [0, 0.05) is 55.1 Å². The molecule has 0 bridgehead atoms. The predicted molar refractivity (Wildman–Crippen MR) is 127 cm³/mol. The van der Waals surface area contributed by atoms with Crippen LogP contribution in [-0.4, -0.2) is 58.2 Å². The maximum Gasteiger partial charge on any atom is 0.219 e. The molecular weight excluding hydrogens is 460 g/mol. The number of halogens is 2. The molecule has 2 N–H and O–H groups in total. The van der Waals surface area contributed by atoms with Crippen LogP contribution in [0, 0.1) is 11.6 Å². The third-order valence-corrected chi connectivity index (χ3v) is 6.63. The van der Waals surface area contributed by atoms with Crippen molar-refractivity contribution in [3.05, 3.63) is 58.7 Å². The molecule has 0 saturated carbocycles. The van der Waals surface area contributed by atoms with E-state index in [-0.39, 0.29) is 5.95 Å². The highest BCUT2D eigenvalue weighted by Gasteiger charge is 2.21. The normalized spacial score (nSPS) is 14.3. The fourth-order valence-corrected chi connectivity index (χ4v) is 5.07. The number of aromatic nitrogens is 4. The number of hydrogen-bond donors (Lipinski definition) is 1. The maximum atomic E-state index is 14.1. The summed E-state index contributed by atoms with van der Waals surface area (Å²) in [4.78, 5) is 23.0. The van der Waals surface area contributed by atoms with E-state index in [9.17, 15) is 8.78 Å². The van der Waals surface area contributed by atoms with Gasteiger partial charge in [0.1, 0.15) is 11.6 Å². The molecule has 8 nitrogen and oxygen atoms in total. The molecule has 0 unspecified atom stereocenters. The Bertz CT molecular complexity index is 1310. The number of morpholine rings is 1. The highest BCUT2D eigenvalue weighted by atomic mass is 32.1. The molecule has 0 amide bonds. The van der Waals surface area contributed by atoms with E-state index in [2.05, 4.69) is 14.9 Å². The number of nitrogen functional groups attached to an aromatic ring is 1. The van der Waals surface area contributed by atoms with Crippen LogP contribution in [-0.2, 0) is 17.8 Å². The van der Waals surface area contributed by atoms with Crippen molar-refractivity contribution < 1.29 is 13.5 Å². The largest absolute Gasteiger partial charge is 0.378 e. The molecule has 1 fully saturated rings. The van der Waals surface area contributed by atoms with Crippen molar-refractivity contribution in [3.63, 3.8) is 0 Å². The lowest BCUT2D eigenvalue weighted by Crippen LogP contribution is -2.36.